The number of hydrogen-bond donors (Lipinski definition) is 4. The minimum absolute atomic E-state index is 0. The molecule has 5 heteroatoms. The van der Waals surface area contributed by atoms with E-state index >= 15 is 0 Å². The number of halogens is 1. The Kier molecular flexibility index (Phi) is 8.23. The highest BCUT2D eigenvalue weighted by Crippen LogP contribution is 2.21. The van der Waals surface area contributed by atoms with E-state index in [0.29, 0.717) is 6.42 Å². The molecule has 0 aliphatic heterocycles. The van der Waals surface area contributed by atoms with Crippen molar-refractivity contribution in [1.29, 1.82) is 0 Å². The van der Waals surface area contributed by atoms with Crippen LogP contribution < -0.4 is 5.32 Å². The van der Waals surface area contributed by atoms with Gasteiger partial charge in [0.05, 0.1) is 25.4 Å². The lowest BCUT2D eigenvalue weighted by atomic mass is 9.94. The summed E-state index contributed by atoms with van der Waals surface area (Å²) in [5, 5.41) is 31.9. The number of nitrogens with one attached hydrogen (secondary N) is 1. The van der Waals surface area contributed by atoms with Crippen LogP contribution in [0.1, 0.15) is 17.2 Å². The van der Waals surface area contributed by atoms with Crippen molar-refractivity contribution < 1.29 is 15.3 Å². The summed E-state index contributed by atoms with van der Waals surface area (Å²) in [5.41, 5.74) is 1.09. The van der Waals surface area contributed by atoms with Gasteiger partial charge in [-0.25, -0.2) is 0 Å². The van der Waals surface area contributed by atoms with Gasteiger partial charge in [0.1, 0.15) is 0 Å². The number of hydrogen-bond acceptors (Lipinski definition) is 4. The molecule has 2 aromatic rings. The van der Waals surface area contributed by atoms with Crippen molar-refractivity contribution >= 4 is 12.4 Å². The van der Waals surface area contributed by atoms with E-state index in [1.807, 2.05) is 60.7 Å². The van der Waals surface area contributed by atoms with Gasteiger partial charge in [-0.15, -0.1) is 12.4 Å². The van der Waals surface area contributed by atoms with Crippen molar-refractivity contribution in [2.45, 2.75) is 18.0 Å². The zero-order valence-electron chi connectivity index (χ0n) is 12.9. The van der Waals surface area contributed by atoms with Crippen LogP contribution in [0.3, 0.4) is 0 Å². The molecule has 0 saturated carbocycles. The molecule has 2 rings (SSSR count). The van der Waals surface area contributed by atoms with Crippen molar-refractivity contribution in [3.05, 3.63) is 71.8 Å². The lowest BCUT2D eigenvalue weighted by Crippen LogP contribution is -2.56. The summed E-state index contributed by atoms with van der Waals surface area (Å²) in [4.78, 5) is 0. The molecule has 0 bridgehead atoms. The first-order chi connectivity index (χ1) is 10.7. The van der Waals surface area contributed by atoms with Gasteiger partial charge >= 0.3 is 0 Å². The van der Waals surface area contributed by atoms with Crippen LogP contribution in [0.2, 0.25) is 0 Å². The van der Waals surface area contributed by atoms with Crippen molar-refractivity contribution in [3.63, 3.8) is 0 Å². The van der Waals surface area contributed by atoms with Crippen LogP contribution in [0.4, 0.5) is 0 Å². The maximum atomic E-state index is 9.56. The van der Waals surface area contributed by atoms with E-state index in [4.69, 9.17) is 0 Å². The molecule has 0 amide bonds. The van der Waals surface area contributed by atoms with Crippen LogP contribution in [0.25, 0.3) is 0 Å². The Bertz CT molecular complexity index is 538. The van der Waals surface area contributed by atoms with Gasteiger partial charge in [0, 0.05) is 6.04 Å². The molecule has 0 aromatic heterocycles. The van der Waals surface area contributed by atoms with E-state index in [1.165, 1.54) is 0 Å². The summed E-state index contributed by atoms with van der Waals surface area (Å²) in [6.45, 7) is -1.01. The minimum Gasteiger partial charge on any atom is -0.394 e. The Hall–Kier alpha value is -1.43. The third-order valence-corrected chi connectivity index (χ3v) is 3.87. The van der Waals surface area contributed by atoms with Gasteiger partial charge in [-0.1, -0.05) is 60.7 Å². The molecule has 0 spiro atoms. The second-order valence-electron chi connectivity index (χ2n) is 5.55. The first-order valence-corrected chi connectivity index (χ1v) is 7.42. The Morgan fingerprint density at radius 2 is 1.26 bits per heavy atom. The molecule has 126 valence electrons. The molecule has 2 aromatic carbocycles. The normalized spacial score (nSPS) is 12.5. The summed E-state index contributed by atoms with van der Waals surface area (Å²) >= 11 is 0. The summed E-state index contributed by atoms with van der Waals surface area (Å²) in [7, 11) is 0. The zero-order chi connectivity index (χ0) is 15.8. The second kappa shape index (κ2) is 9.65. The maximum Gasteiger partial charge on any atom is 0.0886 e. The number of rotatable bonds is 8. The van der Waals surface area contributed by atoms with Crippen LogP contribution in [0, 0.1) is 0 Å². The first-order valence-electron chi connectivity index (χ1n) is 7.42. The molecule has 1 atom stereocenters. The Labute approximate surface area is 143 Å². The van der Waals surface area contributed by atoms with Gasteiger partial charge in [-0.05, 0) is 17.5 Å². The average molecular weight is 338 g/mol. The Morgan fingerprint density at radius 1 is 0.783 bits per heavy atom. The smallest absolute Gasteiger partial charge is 0.0886 e. The van der Waals surface area contributed by atoms with Crippen LogP contribution in [-0.2, 0) is 6.42 Å². The fraction of sp³-hybridized carbons (Fsp3) is 0.333. The Morgan fingerprint density at radius 3 is 1.74 bits per heavy atom. The van der Waals surface area contributed by atoms with Crippen LogP contribution in [0.15, 0.2) is 60.7 Å². The van der Waals surface area contributed by atoms with Gasteiger partial charge in [0.15, 0.2) is 0 Å². The molecule has 0 aliphatic rings. The number of aliphatic hydroxyl groups is 3. The fourth-order valence-corrected chi connectivity index (χ4v) is 2.44. The molecule has 0 fully saturated rings. The molecule has 0 aliphatic carbocycles. The van der Waals surface area contributed by atoms with Crippen molar-refractivity contribution in [2.24, 2.45) is 0 Å². The Balaban J connectivity index is 0.00000264. The lowest BCUT2D eigenvalue weighted by molar-refractivity contribution is 0.0339. The van der Waals surface area contributed by atoms with E-state index < -0.39 is 5.54 Å². The molecule has 0 radical (unpaired) electrons. The second-order valence-corrected chi connectivity index (χ2v) is 5.55. The molecule has 0 heterocycles. The number of benzene rings is 2. The fourth-order valence-electron chi connectivity index (χ4n) is 2.44. The van der Waals surface area contributed by atoms with E-state index in [-0.39, 0.29) is 38.3 Å². The highest BCUT2D eigenvalue weighted by molar-refractivity contribution is 5.85. The lowest BCUT2D eigenvalue weighted by Gasteiger charge is -2.34. The van der Waals surface area contributed by atoms with Crippen molar-refractivity contribution in [2.75, 3.05) is 19.8 Å². The molecular formula is C18H24ClNO3. The maximum absolute atomic E-state index is 9.56. The minimum atomic E-state index is -1.10. The summed E-state index contributed by atoms with van der Waals surface area (Å²) in [5.74, 6) is 0. The largest absolute Gasteiger partial charge is 0.394 e. The molecule has 4 N–H and O–H groups in total. The SMILES string of the molecule is Cl.OCC(CO)(CO)NC(Cc1ccccc1)c1ccccc1. The van der Waals surface area contributed by atoms with Crippen LogP contribution in [0.5, 0.6) is 0 Å². The molecule has 0 saturated heterocycles. The third-order valence-electron chi connectivity index (χ3n) is 3.87. The molecule has 23 heavy (non-hydrogen) atoms. The van der Waals surface area contributed by atoms with Gasteiger partial charge < -0.3 is 15.3 Å². The average Bonchev–Trinajstić information content (AvgIpc) is 2.60. The predicted octanol–water partition coefficient (Wildman–Crippen LogP) is 1.70. The summed E-state index contributed by atoms with van der Waals surface area (Å²) in [6, 6.07) is 19.7. The topological polar surface area (TPSA) is 72.7 Å². The monoisotopic (exact) mass is 337 g/mol. The van der Waals surface area contributed by atoms with Gasteiger partial charge in [-0.3, -0.25) is 5.32 Å². The summed E-state index contributed by atoms with van der Waals surface area (Å²) in [6.07, 6.45) is 0.701. The zero-order valence-corrected chi connectivity index (χ0v) is 13.7. The van der Waals surface area contributed by atoms with Crippen LogP contribution in [-0.4, -0.2) is 40.7 Å². The van der Waals surface area contributed by atoms with Gasteiger partial charge in [0.25, 0.3) is 0 Å². The van der Waals surface area contributed by atoms with E-state index in [0.717, 1.165) is 11.1 Å². The summed E-state index contributed by atoms with van der Waals surface area (Å²) < 4.78 is 0. The van der Waals surface area contributed by atoms with E-state index in [9.17, 15) is 15.3 Å². The van der Waals surface area contributed by atoms with E-state index in [2.05, 4.69) is 5.32 Å². The van der Waals surface area contributed by atoms with Gasteiger partial charge in [-0.2, -0.15) is 0 Å². The molecule has 4 nitrogen and oxygen atoms in total. The van der Waals surface area contributed by atoms with Crippen molar-refractivity contribution in [1.82, 2.24) is 5.32 Å². The highest BCUT2D eigenvalue weighted by Gasteiger charge is 2.31. The van der Waals surface area contributed by atoms with Crippen LogP contribution >= 0.6 is 12.4 Å². The standard InChI is InChI=1S/C18H23NO3.ClH/c20-12-18(13-21,14-22)19-17(16-9-5-2-6-10-16)11-15-7-3-1-4-8-15;/h1-10,17,19-22H,11-14H2;1H. The number of aliphatic hydroxyl groups excluding tert-OH is 3. The molecule has 1 unspecified atom stereocenters. The predicted molar refractivity (Wildman–Crippen MR) is 93.7 cm³/mol. The van der Waals surface area contributed by atoms with Gasteiger partial charge in [0.2, 0.25) is 0 Å². The quantitative estimate of drug-likeness (QED) is 0.591. The molecular weight excluding hydrogens is 314 g/mol. The van der Waals surface area contributed by atoms with Crippen molar-refractivity contribution in [3.8, 4) is 0 Å². The highest BCUT2D eigenvalue weighted by atomic mass is 35.5. The first kappa shape index (κ1) is 19.6. The third kappa shape index (κ3) is 5.30. The van der Waals surface area contributed by atoms with E-state index in [1.54, 1.807) is 0 Å².